The number of Topliss-reactive ketones (excluding diaryl/α,β-unsaturated/α-hetero) is 1. The molecule has 21 heavy (non-hydrogen) atoms. The highest BCUT2D eigenvalue weighted by Gasteiger charge is 2.29. The third kappa shape index (κ3) is 2.94. The number of hydrogen-bond acceptors (Lipinski definition) is 2. The predicted octanol–water partition coefficient (Wildman–Crippen LogP) is 3.89. The van der Waals surface area contributed by atoms with Crippen molar-refractivity contribution >= 4 is 5.78 Å². The molecule has 0 bridgehead atoms. The molecule has 116 valence electrons. The molecule has 2 fully saturated rings. The number of ketones is 1. The van der Waals surface area contributed by atoms with Gasteiger partial charge < -0.3 is 4.57 Å². The highest BCUT2D eigenvalue weighted by molar-refractivity contribution is 5.99. The van der Waals surface area contributed by atoms with E-state index in [1.54, 1.807) is 0 Å². The maximum atomic E-state index is 12.7. The van der Waals surface area contributed by atoms with Crippen LogP contribution in [0.3, 0.4) is 0 Å². The fourth-order valence-corrected chi connectivity index (χ4v) is 3.95. The summed E-state index contributed by atoms with van der Waals surface area (Å²) in [7, 11) is 0. The van der Waals surface area contributed by atoms with Gasteiger partial charge in [-0.15, -0.1) is 0 Å². The molecule has 1 aliphatic carbocycles. The zero-order valence-electron chi connectivity index (χ0n) is 13.7. The lowest BCUT2D eigenvalue weighted by molar-refractivity contribution is 0.0837. The van der Waals surface area contributed by atoms with Crippen molar-refractivity contribution in [3.63, 3.8) is 0 Å². The van der Waals surface area contributed by atoms with Crippen molar-refractivity contribution < 1.29 is 4.79 Å². The zero-order valence-corrected chi connectivity index (χ0v) is 13.7. The molecule has 3 rings (SSSR count). The molecule has 0 amide bonds. The molecule has 1 aromatic heterocycles. The van der Waals surface area contributed by atoms with Crippen molar-refractivity contribution in [2.75, 3.05) is 13.1 Å². The fraction of sp³-hybridized carbons (Fsp3) is 0.722. The molecular formula is C18H28N2O. The number of likely N-dealkylation sites (tertiary alicyclic amines) is 1. The Morgan fingerprint density at radius 2 is 2.00 bits per heavy atom. The highest BCUT2D eigenvalue weighted by Crippen LogP contribution is 2.38. The van der Waals surface area contributed by atoms with E-state index >= 15 is 0 Å². The Bertz CT molecular complexity index is 528. The van der Waals surface area contributed by atoms with Crippen molar-refractivity contribution in [2.45, 2.75) is 71.4 Å². The van der Waals surface area contributed by atoms with Gasteiger partial charge in [-0.25, -0.2) is 0 Å². The fourth-order valence-electron chi connectivity index (χ4n) is 3.95. The zero-order chi connectivity index (χ0) is 15.0. The summed E-state index contributed by atoms with van der Waals surface area (Å²) >= 11 is 0. The Morgan fingerprint density at radius 1 is 1.24 bits per heavy atom. The molecule has 1 atom stereocenters. The van der Waals surface area contributed by atoms with Gasteiger partial charge in [-0.3, -0.25) is 9.69 Å². The Balaban J connectivity index is 1.74. The van der Waals surface area contributed by atoms with Gasteiger partial charge in [0.25, 0.3) is 0 Å². The van der Waals surface area contributed by atoms with E-state index in [9.17, 15) is 4.79 Å². The summed E-state index contributed by atoms with van der Waals surface area (Å²) in [5.41, 5.74) is 3.40. The molecule has 3 heteroatoms. The van der Waals surface area contributed by atoms with Crippen LogP contribution in [0, 0.1) is 13.8 Å². The standard InChI is InChI=1S/C18H28N2O/c1-4-15-7-5-6-10-19(15)12-18(21)17-11-13(2)20(14(17)3)16-8-9-16/h11,15-16H,4-10,12H2,1-3H3. The van der Waals surface area contributed by atoms with Gasteiger partial charge in [-0.1, -0.05) is 13.3 Å². The molecule has 3 nitrogen and oxygen atoms in total. The van der Waals surface area contributed by atoms with Crippen molar-refractivity contribution in [1.82, 2.24) is 9.47 Å². The average molecular weight is 288 g/mol. The molecule has 1 saturated carbocycles. The number of rotatable bonds is 5. The van der Waals surface area contributed by atoms with Crippen LogP contribution < -0.4 is 0 Å². The maximum absolute atomic E-state index is 12.7. The summed E-state index contributed by atoms with van der Waals surface area (Å²) in [6.07, 6.45) is 7.52. The van der Waals surface area contributed by atoms with E-state index in [0.29, 0.717) is 24.4 Å². The lowest BCUT2D eigenvalue weighted by Gasteiger charge is -2.34. The lowest BCUT2D eigenvalue weighted by atomic mass is 9.99. The lowest BCUT2D eigenvalue weighted by Crippen LogP contribution is -2.42. The van der Waals surface area contributed by atoms with E-state index in [0.717, 1.165) is 18.5 Å². The van der Waals surface area contributed by atoms with E-state index in [2.05, 4.69) is 36.3 Å². The molecule has 1 aliphatic heterocycles. The van der Waals surface area contributed by atoms with Gasteiger partial charge in [0.15, 0.2) is 5.78 Å². The van der Waals surface area contributed by atoms with Crippen LogP contribution in [-0.2, 0) is 0 Å². The Morgan fingerprint density at radius 3 is 2.67 bits per heavy atom. The van der Waals surface area contributed by atoms with Crippen molar-refractivity contribution in [2.24, 2.45) is 0 Å². The number of aryl methyl sites for hydroxylation is 1. The van der Waals surface area contributed by atoms with Crippen LogP contribution >= 0.6 is 0 Å². The van der Waals surface area contributed by atoms with E-state index < -0.39 is 0 Å². The van der Waals surface area contributed by atoms with Gasteiger partial charge in [-0.05, 0) is 58.6 Å². The van der Waals surface area contributed by atoms with Gasteiger partial charge in [0, 0.05) is 29.0 Å². The van der Waals surface area contributed by atoms with Crippen LogP contribution in [0.5, 0.6) is 0 Å². The molecule has 0 aromatic carbocycles. The summed E-state index contributed by atoms with van der Waals surface area (Å²) in [6, 6.07) is 3.38. The van der Waals surface area contributed by atoms with Crippen LogP contribution in [0.1, 0.15) is 73.2 Å². The molecule has 2 aliphatic rings. The number of carbonyl (C=O) groups is 1. The second-order valence-electron chi connectivity index (χ2n) is 6.84. The van der Waals surface area contributed by atoms with Crippen molar-refractivity contribution in [3.05, 3.63) is 23.0 Å². The monoisotopic (exact) mass is 288 g/mol. The summed E-state index contributed by atoms with van der Waals surface area (Å²) in [5.74, 6) is 0.315. The molecular weight excluding hydrogens is 260 g/mol. The second kappa shape index (κ2) is 5.96. The minimum atomic E-state index is 0.315. The van der Waals surface area contributed by atoms with E-state index in [4.69, 9.17) is 0 Å². The van der Waals surface area contributed by atoms with Gasteiger partial charge in [-0.2, -0.15) is 0 Å². The quantitative estimate of drug-likeness (QED) is 0.768. The van der Waals surface area contributed by atoms with E-state index in [-0.39, 0.29) is 0 Å². The van der Waals surface area contributed by atoms with Crippen molar-refractivity contribution in [1.29, 1.82) is 0 Å². The SMILES string of the molecule is CCC1CCCCN1CC(=O)c1cc(C)n(C2CC2)c1C. The van der Waals surface area contributed by atoms with Crippen LogP contribution in [0.2, 0.25) is 0 Å². The number of carbonyl (C=O) groups excluding carboxylic acids is 1. The van der Waals surface area contributed by atoms with Crippen LogP contribution in [-0.4, -0.2) is 34.4 Å². The number of hydrogen-bond donors (Lipinski definition) is 0. The minimum Gasteiger partial charge on any atom is -0.345 e. The third-order valence-electron chi connectivity index (χ3n) is 5.26. The number of aromatic nitrogens is 1. The first kappa shape index (κ1) is 14.8. The number of nitrogens with zero attached hydrogens (tertiary/aromatic N) is 2. The first-order valence-corrected chi connectivity index (χ1v) is 8.57. The molecule has 1 saturated heterocycles. The normalized spacial score (nSPS) is 23.5. The average Bonchev–Trinajstić information content (AvgIpc) is 3.25. The third-order valence-corrected chi connectivity index (χ3v) is 5.26. The predicted molar refractivity (Wildman–Crippen MR) is 86.0 cm³/mol. The summed E-state index contributed by atoms with van der Waals surface area (Å²) in [5, 5.41) is 0. The molecule has 1 aromatic rings. The van der Waals surface area contributed by atoms with Crippen LogP contribution in [0.25, 0.3) is 0 Å². The molecule has 2 heterocycles. The summed E-state index contributed by atoms with van der Waals surface area (Å²) < 4.78 is 2.38. The maximum Gasteiger partial charge on any atom is 0.178 e. The topological polar surface area (TPSA) is 25.2 Å². The van der Waals surface area contributed by atoms with Gasteiger partial charge in [0.1, 0.15) is 0 Å². The highest BCUT2D eigenvalue weighted by atomic mass is 16.1. The smallest absolute Gasteiger partial charge is 0.178 e. The van der Waals surface area contributed by atoms with Gasteiger partial charge >= 0.3 is 0 Å². The number of piperidine rings is 1. The first-order chi connectivity index (χ1) is 10.1. The second-order valence-corrected chi connectivity index (χ2v) is 6.84. The van der Waals surface area contributed by atoms with Crippen LogP contribution in [0.4, 0.5) is 0 Å². The Labute approximate surface area is 128 Å². The van der Waals surface area contributed by atoms with E-state index in [1.165, 1.54) is 43.5 Å². The van der Waals surface area contributed by atoms with E-state index in [1.807, 2.05) is 0 Å². The van der Waals surface area contributed by atoms with Crippen LogP contribution in [0.15, 0.2) is 6.07 Å². The Hall–Kier alpha value is -1.09. The molecule has 1 unspecified atom stereocenters. The summed E-state index contributed by atoms with van der Waals surface area (Å²) in [4.78, 5) is 15.2. The van der Waals surface area contributed by atoms with Crippen molar-refractivity contribution in [3.8, 4) is 0 Å². The largest absolute Gasteiger partial charge is 0.345 e. The first-order valence-electron chi connectivity index (χ1n) is 8.57. The molecule has 0 N–H and O–H groups in total. The van der Waals surface area contributed by atoms with Gasteiger partial charge in [0.2, 0.25) is 0 Å². The Kier molecular flexibility index (Phi) is 4.21. The minimum absolute atomic E-state index is 0.315. The molecule has 0 radical (unpaired) electrons. The molecule has 0 spiro atoms. The van der Waals surface area contributed by atoms with Gasteiger partial charge in [0.05, 0.1) is 6.54 Å². The summed E-state index contributed by atoms with van der Waals surface area (Å²) in [6.45, 7) is 8.19.